The van der Waals surface area contributed by atoms with E-state index in [2.05, 4.69) is 27.5 Å². The lowest BCUT2D eigenvalue weighted by Crippen LogP contribution is -2.17. The topological polar surface area (TPSA) is 55.6 Å². The largest absolute Gasteiger partial charge is 0.309 e. The fourth-order valence-corrected chi connectivity index (χ4v) is 1.70. The van der Waals surface area contributed by atoms with E-state index in [0.717, 1.165) is 17.7 Å². The molecule has 2 aromatic heterocycles. The van der Waals surface area contributed by atoms with Crippen molar-refractivity contribution in [3.63, 3.8) is 0 Å². The molecule has 0 aliphatic heterocycles. The molecule has 2 aromatic rings. The van der Waals surface area contributed by atoms with Gasteiger partial charge in [0.2, 0.25) is 0 Å². The summed E-state index contributed by atoms with van der Waals surface area (Å²) in [6.07, 6.45) is 7.39. The summed E-state index contributed by atoms with van der Waals surface area (Å²) in [5.41, 5.74) is 2.23. The maximum absolute atomic E-state index is 4.27. The first-order valence-corrected chi connectivity index (χ1v) is 5.31. The Morgan fingerprint density at radius 1 is 1.31 bits per heavy atom. The molecule has 0 saturated carbocycles. The van der Waals surface area contributed by atoms with Crippen molar-refractivity contribution in [3.8, 4) is 0 Å². The molecular formula is C11H15N5. The zero-order chi connectivity index (χ0) is 11.4. The third-order valence-electron chi connectivity index (χ3n) is 2.54. The van der Waals surface area contributed by atoms with Crippen molar-refractivity contribution < 1.29 is 0 Å². The number of nitrogens with zero attached hydrogens (tertiary/aromatic N) is 4. The first-order chi connectivity index (χ1) is 7.85. The van der Waals surface area contributed by atoms with Crippen LogP contribution in [0.1, 0.15) is 24.1 Å². The number of hydrogen-bond donors (Lipinski definition) is 1. The van der Waals surface area contributed by atoms with Crippen LogP contribution in [0.2, 0.25) is 0 Å². The molecule has 1 N–H and O–H groups in total. The molecule has 0 aromatic carbocycles. The predicted molar refractivity (Wildman–Crippen MR) is 60.8 cm³/mol. The van der Waals surface area contributed by atoms with E-state index < -0.39 is 0 Å². The van der Waals surface area contributed by atoms with E-state index in [1.165, 1.54) is 0 Å². The number of nitrogens with one attached hydrogen (secondary N) is 1. The van der Waals surface area contributed by atoms with Gasteiger partial charge in [-0.2, -0.15) is 15.3 Å². The van der Waals surface area contributed by atoms with E-state index in [1.807, 2.05) is 30.2 Å². The van der Waals surface area contributed by atoms with Crippen molar-refractivity contribution in [2.24, 2.45) is 0 Å². The van der Waals surface area contributed by atoms with E-state index in [1.54, 1.807) is 12.4 Å². The molecule has 0 fully saturated rings. The van der Waals surface area contributed by atoms with Crippen LogP contribution in [-0.2, 0) is 6.54 Å². The Labute approximate surface area is 94.5 Å². The summed E-state index contributed by atoms with van der Waals surface area (Å²) in [6, 6.07) is 2.08. The highest BCUT2D eigenvalue weighted by molar-refractivity contribution is 5.25. The maximum Gasteiger partial charge on any atom is 0.0621 e. The highest BCUT2D eigenvalue weighted by atomic mass is 15.3. The van der Waals surface area contributed by atoms with Crippen LogP contribution in [0.5, 0.6) is 0 Å². The van der Waals surface area contributed by atoms with Gasteiger partial charge < -0.3 is 5.32 Å². The van der Waals surface area contributed by atoms with Gasteiger partial charge in [0.05, 0.1) is 18.4 Å². The monoisotopic (exact) mass is 217 g/mol. The van der Waals surface area contributed by atoms with Crippen LogP contribution in [0.3, 0.4) is 0 Å². The van der Waals surface area contributed by atoms with Gasteiger partial charge >= 0.3 is 0 Å². The van der Waals surface area contributed by atoms with Crippen LogP contribution in [-0.4, -0.2) is 27.0 Å². The van der Waals surface area contributed by atoms with E-state index in [-0.39, 0.29) is 6.04 Å². The molecule has 2 rings (SSSR count). The fourth-order valence-electron chi connectivity index (χ4n) is 1.70. The Bertz CT molecular complexity index is 437. The van der Waals surface area contributed by atoms with Crippen LogP contribution in [0.15, 0.2) is 30.9 Å². The van der Waals surface area contributed by atoms with Crippen molar-refractivity contribution >= 4 is 0 Å². The van der Waals surface area contributed by atoms with E-state index in [0.29, 0.717) is 0 Å². The summed E-state index contributed by atoms with van der Waals surface area (Å²) < 4.78 is 1.91. The van der Waals surface area contributed by atoms with Gasteiger partial charge in [-0.25, -0.2) is 0 Å². The molecule has 16 heavy (non-hydrogen) atoms. The molecule has 0 saturated heterocycles. The highest BCUT2D eigenvalue weighted by Gasteiger charge is 2.13. The lowest BCUT2D eigenvalue weighted by Gasteiger charge is -2.13. The SMILES string of the molecule is CCn1cc(C(NC)c2ccnnc2)cn1. The molecule has 0 bridgehead atoms. The quantitative estimate of drug-likeness (QED) is 0.830. The van der Waals surface area contributed by atoms with Gasteiger partial charge in [0.1, 0.15) is 0 Å². The lowest BCUT2D eigenvalue weighted by atomic mass is 10.0. The molecule has 5 heteroatoms. The molecule has 5 nitrogen and oxygen atoms in total. The molecular weight excluding hydrogens is 202 g/mol. The van der Waals surface area contributed by atoms with E-state index in [4.69, 9.17) is 0 Å². The van der Waals surface area contributed by atoms with Gasteiger partial charge in [-0.3, -0.25) is 4.68 Å². The second-order valence-electron chi connectivity index (χ2n) is 3.53. The summed E-state index contributed by atoms with van der Waals surface area (Å²) >= 11 is 0. The van der Waals surface area contributed by atoms with Crippen molar-refractivity contribution in [3.05, 3.63) is 42.0 Å². The lowest BCUT2D eigenvalue weighted by molar-refractivity contribution is 0.652. The van der Waals surface area contributed by atoms with Gasteiger partial charge in [-0.15, -0.1) is 0 Å². The Kier molecular flexibility index (Phi) is 3.26. The van der Waals surface area contributed by atoms with Crippen molar-refractivity contribution in [2.75, 3.05) is 7.05 Å². The molecule has 2 heterocycles. The molecule has 0 aliphatic carbocycles. The summed E-state index contributed by atoms with van der Waals surface area (Å²) in [6.45, 7) is 2.95. The average molecular weight is 217 g/mol. The average Bonchev–Trinajstić information content (AvgIpc) is 2.80. The van der Waals surface area contributed by atoms with E-state index >= 15 is 0 Å². The highest BCUT2D eigenvalue weighted by Crippen LogP contribution is 2.19. The Morgan fingerprint density at radius 3 is 2.75 bits per heavy atom. The maximum atomic E-state index is 4.27. The van der Waals surface area contributed by atoms with E-state index in [9.17, 15) is 0 Å². The third kappa shape index (κ3) is 2.09. The zero-order valence-corrected chi connectivity index (χ0v) is 9.46. The molecule has 84 valence electrons. The van der Waals surface area contributed by atoms with Crippen molar-refractivity contribution in [1.82, 2.24) is 25.3 Å². The number of aromatic nitrogens is 4. The molecule has 1 atom stereocenters. The molecule has 1 unspecified atom stereocenters. The fraction of sp³-hybridized carbons (Fsp3) is 0.364. The zero-order valence-electron chi connectivity index (χ0n) is 9.46. The number of rotatable bonds is 4. The Balaban J connectivity index is 2.29. The summed E-state index contributed by atoms with van der Waals surface area (Å²) in [7, 11) is 1.92. The van der Waals surface area contributed by atoms with Crippen LogP contribution >= 0.6 is 0 Å². The molecule has 0 aliphatic rings. The first-order valence-electron chi connectivity index (χ1n) is 5.31. The van der Waals surface area contributed by atoms with Crippen molar-refractivity contribution in [2.45, 2.75) is 19.5 Å². The number of hydrogen-bond acceptors (Lipinski definition) is 4. The predicted octanol–water partition coefficient (Wildman–Crippen LogP) is 1.00. The van der Waals surface area contributed by atoms with Crippen LogP contribution in [0.25, 0.3) is 0 Å². The summed E-state index contributed by atoms with van der Waals surface area (Å²) in [5.74, 6) is 0. The van der Waals surface area contributed by atoms with Crippen molar-refractivity contribution in [1.29, 1.82) is 0 Å². The molecule has 0 spiro atoms. The van der Waals surface area contributed by atoms with Gasteiger partial charge in [-0.1, -0.05) is 0 Å². The minimum Gasteiger partial charge on any atom is -0.309 e. The first kappa shape index (κ1) is 10.8. The normalized spacial score (nSPS) is 12.6. The Hall–Kier alpha value is -1.75. The minimum absolute atomic E-state index is 0.121. The Morgan fingerprint density at radius 2 is 2.19 bits per heavy atom. The number of aryl methyl sites for hydroxylation is 1. The third-order valence-corrected chi connectivity index (χ3v) is 2.54. The summed E-state index contributed by atoms with van der Waals surface area (Å²) in [4.78, 5) is 0. The second kappa shape index (κ2) is 4.85. The van der Waals surface area contributed by atoms with Gasteiger partial charge in [0.25, 0.3) is 0 Å². The molecule has 0 radical (unpaired) electrons. The van der Waals surface area contributed by atoms with Crippen LogP contribution < -0.4 is 5.32 Å². The summed E-state index contributed by atoms with van der Waals surface area (Å²) in [5, 5.41) is 15.2. The standard InChI is InChI=1S/C11H15N5/c1-3-16-8-10(7-15-16)11(12-2)9-4-5-13-14-6-9/h4-8,11-12H,3H2,1-2H3. The van der Waals surface area contributed by atoms with Gasteiger partial charge in [0, 0.05) is 24.5 Å². The minimum atomic E-state index is 0.121. The van der Waals surface area contributed by atoms with Gasteiger partial charge in [0.15, 0.2) is 0 Å². The second-order valence-corrected chi connectivity index (χ2v) is 3.53. The van der Waals surface area contributed by atoms with Crippen LogP contribution in [0, 0.1) is 0 Å². The molecule has 0 amide bonds. The van der Waals surface area contributed by atoms with Gasteiger partial charge in [-0.05, 0) is 25.6 Å². The van der Waals surface area contributed by atoms with Crippen LogP contribution in [0.4, 0.5) is 0 Å². The smallest absolute Gasteiger partial charge is 0.0621 e.